The molecule has 0 spiro atoms. The van der Waals surface area contributed by atoms with Gasteiger partial charge < -0.3 is 19.2 Å². The number of aliphatic hydroxyl groups is 1. The van der Waals surface area contributed by atoms with E-state index in [1.807, 2.05) is 0 Å². The van der Waals surface area contributed by atoms with E-state index >= 15 is 0 Å². The number of methoxy groups -OCH3 is 1. The Bertz CT molecular complexity index is 1120. The van der Waals surface area contributed by atoms with Gasteiger partial charge in [-0.2, -0.15) is 0 Å². The van der Waals surface area contributed by atoms with Crippen molar-refractivity contribution in [2.45, 2.75) is 12.6 Å². The zero-order valence-electron chi connectivity index (χ0n) is 16.0. The highest BCUT2D eigenvalue weighted by Gasteiger charge is 2.46. The summed E-state index contributed by atoms with van der Waals surface area (Å²) < 4.78 is 10.6. The molecule has 1 aliphatic heterocycles. The standard InChI is InChI=1S/C23H18ClNO5/c1-29-17-9-7-14(8-10-17)20-19(21(26)15-4-2-5-16(24)12-15)22(27)23(28)25(20)13-18-6-3-11-30-18/h2-12,20,26H,13H2,1H3/b21-19-. The molecule has 1 unspecified atom stereocenters. The number of furan rings is 1. The van der Waals surface area contributed by atoms with E-state index < -0.39 is 17.7 Å². The SMILES string of the molecule is COc1ccc(C2/C(=C(/O)c3cccc(Cl)c3)C(=O)C(=O)N2Cc2ccco2)cc1. The minimum Gasteiger partial charge on any atom is -0.507 e. The minimum absolute atomic E-state index is 0.000936. The highest BCUT2D eigenvalue weighted by molar-refractivity contribution is 6.46. The van der Waals surface area contributed by atoms with Crippen LogP contribution < -0.4 is 4.74 Å². The number of amides is 1. The number of hydrogen-bond donors (Lipinski definition) is 1. The lowest BCUT2D eigenvalue weighted by molar-refractivity contribution is -0.140. The molecule has 152 valence electrons. The van der Waals surface area contributed by atoms with Gasteiger partial charge in [-0.25, -0.2) is 0 Å². The predicted octanol–water partition coefficient (Wildman–Crippen LogP) is 4.56. The van der Waals surface area contributed by atoms with Crippen molar-refractivity contribution in [2.24, 2.45) is 0 Å². The molecule has 1 N–H and O–H groups in total. The van der Waals surface area contributed by atoms with Gasteiger partial charge in [0.25, 0.3) is 11.7 Å². The van der Waals surface area contributed by atoms with E-state index in [-0.39, 0.29) is 17.9 Å². The van der Waals surface area contributed by atoms with Crippen LogP contribution in [-0.2, 0) is 16.1 Å². The number of carbonyl (C=O) groups is 2. The third-order valence-corrected chi connectivity index (χ3v) is 5.21. The highest BCUT2D eigenvalue weighted by Crippen LogP contribution is 2.40. The van der Waals surface area contributed by atoms with Crippen LogP contribution in [0, 0.1) is 0 Å². The summed E-state index contributed by atoms with van der Waals surface area (Å²) in [5.74, 6) is -0.594. The van der Waals surface area contributed by atoms with E-state index in [1.165, 1.54) is 11.2 Å². The van der Waals surface area contributed by atoms with Gasteiger partial charge in [0.05, 0.1) is 31.5 Å². The molecule has 1 fully saturated rings. The van der Waals surface area contributed by atoms with Crippen molar-refractivity contribution in [3.8, 4) is 5.75 Å². The molecule has 1 aromatic heterocycles. The molecular weight excluding hydrogens is 406 g/mol. The van der Waals surface area contributed by atoms with Crippen LogP contribution in [0.5, 0.6) is 5.75 Å². The summed E-state index contributed by atoms with van der Waals surface area (Å²) in [5.41, 5.74) is 1.01. The number of carbonyl (C=O) groups excluding carboxylic acids is 2. The van der Waals surface area contributed by atoms with Gasteiger partial charge >= 0.3 is 0 Å². The number of benzene rings is 2. The Morgan fingerprint density at radius 1 is 1.13 bits per heavy atom. The number of ketones is 1. The summed E-state index contributed by atoms with van der Waals surface area (Å²) in [6, 6.07) is 16.1. The Balaban J connectivity index is 1.86. The molecule has 2 aromatic carbocycles. The Hall–Kier alpha value is -3.51. The molecule has 7 heteroatoms. The van der Waals surface area contributed by atoms with Gasteiger partial charge in [0.2, 0.25) is 0 Å². The van der Waals surface area contributed by atoms with Gasteiger partial charge in [-0.15, -0.1) is 0 Å². The van der Waals surface area contributed by atoms with Crippen LogP contribution in [0.25, 0.3) is 5.76 Å². The van der Waals surface area contributed by atoms with Crippen molar-refractivity contribution in [1.82, 2.24) is 4.90 Å². The molecular formula is C23H18ClNO5. The largest absolute Gasteiger partial charge is 0.507 e. The predicted molar refractivity (Wildman–Crippen MR) is 111 cm³/mol. The Kier molecular flexibility index (Phi) is 5.33. The van der Waals surface area contributed by atoms with Gasteiger partial charge in [-0.3, -0.25) is 9.59 Å². The van der Waals surface area contributed by atoms with Crippen LogP contribution in [0.15, 0.2) is 76.9 Å². The van der Waals surface area contributed by atoms with Crippen molar-refractivity contribution in [1.29, 1.82) is 0 Å². The topological polar surface area (TPSA) is 80.0 Å². The summed E-state index contributed by atoms with van der Waals surface area (Å²) in [5, 5.41) is 11.4. The molecule has 6 nitrogen and oxygen atoms in total. The van der Waals surface area contributed by atoms with Crippen molar-refractivity contribution in [2.75, 3.05) is 7.11 Å². The molecule has 1 amide bonds. The summed E-state index contributed by atoms with van der Waals surface area (Å²) in [6.07, 6.45) is 1.50. The number of aliphatic hydroxyl groups excluding tert-OH is 1. The fraction of sp³-hybridized carbons (Fsp3) is 0.130. The zero-order valence-corrected chi connectivity index (χ0v) is 16.8. The average molecular weight is 424 g/mol. The maximum atomic E-state index is 13.0. The first-order valence-corrected chi connectivity index (χ1v) is 9.58. The lowest BCUT2D eigenvalue weighted by Crippen LogP contribution is -2.29. The van der Waals surface area contributed by atoms with Crippen LogP contribution >= 0.6 is 11.6 Å². The van der Waals surface area contributed by atoms with E-state index in [4.69, 9.17) is 20.8 Å². The third-order valence-electron chi connectivity index (χ3n) is 4.98. The van der Waals surface area contributed by atoms with Gasteiger partial charge in [-0.1, -0.05) is 35.9 Å². The van der Waals surface area contributed by atoms with Crippen LogP contribution in [0.4, 0.5) is 0 Å². The first-order chi connectivity index (χ1) is 14.5. The molecule has 1 atom stereocenters. The second-order valence-electron chi connectivity index (χ2n) is 6.79. The van der Waals surface area contributed by atoms with Gasteiger partial charge in [-0.05, 0) is 42.0 Å². The van der Waals surface area contributed by atoms with Gasteiger partial charge in [0.1, 0.15) is 17.3 Å². The Labute approximate surface area is 177 Å². The average Bonchev–Trinajstić information content (AvgIpc) is 3.36. The summed E-state index contributed by atoms with van der Waals surface area (Å²) in [7, 11) is 1.55. The molecule has 0 saturated carbocycles. The molecule has 0 aliphatic carbocycles. The first-order valence-electron chi connectivity index (χ1n) is 9.20. The molecule has 4 rings (SSSR count). The van der Waals surface area contributed by atoms with Crippen LogP contribution in [-0.4, -0.2) is 28.8 Å². The number of nitrogens with zero attached hydrogens (tertiary/aromatic N) is 1. The minimum atomic E-state index is -0.792. The van der Waals surface area contributed by atoms with Gasteiger partial charge in [0.15, 0.2) is 0 Å². The third kappa shape index (κ3) is 3.57. The van der Waals surface area contributed by atoms with E-state index in [9.17, 15) is 14.7 Å². The first kappa shape index (κ1) is 19.8. The summed E-state index contributed by atoms with van der Waals surface area (Å²) >= 11 is 6.05. The maximum Gasteiger partial charge on any atom is 0.296 e. The number of ether oxygens (including phenoxy) is 1. The quantitative estimate of drug-likeness (QED) is 0.369. The van der Waals surface area contributed by atoms with Crippen molar-refractivity contribution < 1.29 is 23.8 Å². The molecule has 2 heterocycles. The number of rotatable bonds is 5. The number of halogens is 1. The Morgan fingerprint density at radius 3 is 2.53 bits per heavy atom. The highest BCUT2D eigenvalue weighted by atomic mass is 35.5. The molecule has 0 bridgehead atoms. The second kappa shape index (κ2) is 8.08. The molecule has 1 saturated heterocycles. The summed E-state index contributed by atoms with van der Waals surface area (Å²) in [6.45, 7) is 0.0839. The fourth-order valence-electron chi connectivity index (χ4n) is 3.54. The summed E-state index contributed by atoms with van der Waals surface area (Å²) in [4.78, 5) is 27.2. The smallest absolute Gasteiger partial charge is 0.296 e. The lowest BCUT2D eigenvalue weighted by atomic mass is 9.95. The molecule has 30 heavy (non-hydrogen) atoms. The molecule has 1 aliphatic rings. The van der Waals surface area contributed by atoms with Crippen molar-refractivity contribution in [3.05, 3.63) is 94.4 Å². The Morgan fingerprint density at radius 2 is 1.90 bits per heavy atom. The van der Waals surface area contributed by atoms with Gasteiger partial charge in [0, 0.05) is 10.6 Å². The van der Waals surface area contributed by atoms with E-state index in [1.54, 1.807) is 67.8 Å². The monoisotopic (exact) mass is 423 g/mol. The molecule has 0 radical (unpaired) electrons. The number of Topliss-reactive ketones (excluding diaryl/α,β-unsaturated/α-hetero) is 1. The van der Waals surface area contributed by atoms with E-state index in [2.05, 4.69) is 0 Å². The van der Waals surface area contributed by atoms with Crippen LogP contribution in [0.1, 0.15) is 22.9 Å². The van der Waals surface area contributed by atoms with Crippen molar-refractivity contribution in [3.63, 3.8) is 0 Å². The van der Waals surface area contributed by atoms with E-state index in [0.717, 1.165) is 0 Å². The molecule has 3 aromatic rings. The maximum absolute atomic E-state index is 13.0. The number of hydrogen-bond acceptors (Lipinski definition) is 5. The number of likely N-dealkylation sites (tertiary alicyclic amines) is 1. The van der Waals surface area contributed by atoms with E-state index in [0.29, 0.717) is 27.7 Å². The van der Waals surface area contributed by atoms with Crippen molar-refractivity contribution >= 4 is 29.1 Å². The van der Waals surface area contributed by atoms with Crippen LogP contribution in [0.3, 0.4) is 0 Å². The fourth-order valence-corrected chi connectivity index (χ4v) is 3.73. The van der Waals surface area contributed by atoms with Crippen LogP contribution in [0.2, 0.25) is 5.02 Å². The lowest BCUT2D eigenvalue weighted by Gasteiger charge is -2.24. The zero-order chi connectivity index (χ0) is 21.3. The normalized spacial score (nSPS) is 18.1. The second-order valence-corrected chi connectivity index (χ2v) is 7.23.